The van der Waals surface area contributed by atoms with Crippen LogP contribution in [0.25, 0.3) is 5.82 Å². The molecule has 0 amide bonds. The van der Waals surface area contributed by atoms with Gasteiger partial charge in [0.15, 0.2) is 5.82 Å². The molecule has 0 saturated heterocycles. The highest BCUT2D eigenvalue weighted by Crippen LogP contribution is 2.10. The summed E-state index contributed by atoms with van der Waals surface area (Å²) in [6, 6.07) is -1.81. The van der Waals surface area contributed by atoms with Gasteiger partial charge in [0.05, 0.1) is 17.5 Å². The van der Waals surface area contributed by atoms with E-state index in [0.29, 0.717) is 0 Å². The average molecular weight is 246 g/mol. The van der Waals surface area contributed by atoms with Gasteiger partial charge in [0.2, 0.25) is 0 Å². The van der Waals surface area contributed by atoms with Crippen LogP contribution < -0.4 is 0 Å². The van der Waals surface area contributed by atoms with Crippen molar-refractivity contribution in [3.63, 3.8) is 0 Å². The number of pyridine rings is 1. The summed E-state index contributed by atoms with van der Waals surface area (Å²) in [6.07, 6.45) is -0.576. The fourth-order valence-corrected chi connectivity index (χ4v) is 0.993. The van der Waals surface area contributed by atoms with E-state index >= 15 is 0 Å². The summed E-state index contributed by atoms with van der Waals surface area (Å²) in [5.74, 6) is -0.369. The molecule has 0 bridgehead atoms. The summed E-state index contributed by atoms with van der Waals surface area (Å²) in [4.78, 5) is 3.71. The van der Waals surface area contributed by atoms with Crippen molar-refractivity contribution in [1.82, 2.24) is 14.8 Å². The lowest BCUT2D eigenvalue weighted by atomic mass is 10.4. The Morgan fingerprint density at radius 1 is 1.62 bits per heavy atom. The summed E-state index contributed by atoms with van der Waals surface area (Å²) in [5.41, 5.74) is -0.643. The van der Waals surface area contributed by atoms with Crippen LogP contribution in [0.4, 0.5) is 0 Å². The molecule has 2 aromatic heterocycles. The van der Waals surface area contributed by atoms with E-state index in [9.17, 15) is 0 Å². The molecule has 0 aliphatic heterocycles. The van der Waals surface area contributed by atoms with Crippen LogP contribution in [0.2, 0.25) is 0 Å². The van der Waals surface area contributed by atoms with Gasteiger partial charge in [-0.1, -0.05) is 6.04 Å². The first-order valence-electron chi connectivity index (χ1n) is 7.26. The van der Waals surface area contributed by atoms with Crippen molar-refractivity contribution >= 4 is 15.9 Å². The van der Waals surface area contributed by atoms with Crippen molar-refractivity contribution in [1.29, 1.82) is 0 Å². The molecule has 2 aromatic rings. The number of hydrogen-bond acceptors (Lipinski definition) is 2. The summed E-state index contributed by atoms with van der Waals surface area (Å²) in [7, 11) is 0. The Morgan fingerprint density at radius 2 is 2.54 bits per heavy atom. The normalized spacial score (nSPS) is 20.1. The number of rotatable bonds is 1. The minimum atomic E-state index is -2.73. The maximum Gasteiger partial charge on any atom is 0.153 e. The third kappa shape index (κ3) is 1.78. The van der Waals surface area contributed by atoms with Crippen LogP contribution in [0.5, 0.6) is 0 Å². The van der Waals surface area contributed by atoms with Crippen LogP contribution in [0, 0.1) is 6.85 Å². The van der Waals surface area contributed by atoms with Crippen LogP contribution in [0.1, 0.15) is 16.7 Å². The molecule has 3 nitrogen and oxygen atoms in total. The van der Waals surface area contributed by atoms with E-state index in [-0.39, 0.29) is 22.6 Å². The van der Waals surface area contributed by atoms with Gasteiger partial charge in [-0.15, -0.1) is 0 Å². The highest BCUT2D eigenvalue weighted by Gasteiger charge is 1.99. The van der Waals surface area contributed by atoms with Crippen LogP contribution >= 0.6 is 15.9 Å². The summed E-state index contributed by atoms with van der Waals surface area (Å²) < 4.78 is 61.1. The van der Waals surface area contributed by atoms with Gasteiger partial charge in [0.1, 0.15) is 0 Å². The second kappa shape index (κ2) is 3.30. The topological polar surface area (TPSA) is 30.7 Å². The number of halogens is 1. The molecule has 13 heavy (non-hydrogen) atoms. The lowest BCUT2D eigenvalue weighted by molar-refractivity contribution is 0.840. The molecular weight excluding hydrogens is 230 g/mol. The van der Waals surface area contributed by atoms with Crippen molar-refractivity contribution in [3.8, 4) is 5.82 Å². The molecule has 0 aliphatic rings. The summed E-state index contributed by atoms with van der Waals surface area (Å²) in [5, 5.41) is 3.67. The molecule has 4 heteroatoms. The minimum absolute atomic E-state index is 0.0561. The molecule has 0 saturated carbocycles. The van der Waals surface area contributed by atoms with Crippen molar-refractivity contribution in [2.24, 2.45) is 0 Å². The Balaban J connectivity index is 2.81. The van der Waals surface area contributed by atoms with Gasteiger partial charge in [0, 0.05) is 16.0 Å². The van der Waals surface area contributed by atoms with Crippen molar-refractivity contribution < 1.29 is 11.0 Å². The molecule has 66 valence electrons. The van der Waals surface area contributed by atoms with E-state index in [4.69, 9.17) is 11.0 Å². The van der Waals surface area contributed by atoms with Gasteiger partial charge in [-0.3, -0.25) is 0 Å². The Morgan fingerprint density at radius 3 is 3.23 bits per heavy atom. The average Bonchev–Trinajstić information content (AvgIpc) is 2.63. The smallest absolute Gasteiger partial charge is 0.153 e. The standard InChI is InChI=1S/C9H8BrN3/c1-7-3-2-4-9(12-7)13-6-8(10)5-11-13/h2-6H,1H3/i1D3,2D,3D,4D,5D,6D. The molecule has 2 rings (SSSR count). The lowest BCUT2D eigenvalue weighted by Gasteiger charge is -1.99. The highest BCUT2D eigenvalue weighted by atomic mass is 79.9. The summed E-state index contributed by atoms with van der Waals surface area (Å²) >= 11 is 2.97. The van der Waals surface area contributed by atoms with Gasteiger partial charge < -0.3 is 0 Å². The van der Waals surface area contributed by atoms with Crippen LogP contribution in [-0.2, 0) is 0 Å². The molecule has 0 fully saturated rings. The molecule has 0 spiro atoms. The van der Waals surface area contributed by atoms with E-state index in [0.717, 1.165) is 4.68 Å². The van der Waals surface area contributed by atoms with E-state index in [1.807, 2.05) is 0 Å². The first-order chi connectivity index (χ1) is 9.55. The highest BCUT2D eigenvalue weighted by molar-refractivity contribution is 9.10. The molecule has 0 aliphatic carbocycles. The third-order valence-corrected chi connectivity index (χ3v) is 1.58. The zero-order valence-corrected chi connectivity index (χ0v) is 7.81. The quantitative estimate of drug-likeness (QED) is 0.773. The van der Waals surface area contributed by atoms with Crippen LogP contribution in [0.15, 0.2) is 34.9 Å². The molecule has 0 N–H and O–H groups in total. The number of hydrogen-bond donors (Lipinski definition) is 0. The van der Waals surface area contributed by atoms with E-state index in [1.54, 1.807) is 0 Å². The van der Waals surface area contributed by atoms with Crippen molar-refractivity contribution in [2.45, 2.75) is 6.85 Å². The lowest BCUT2D eigenvalue weighted by Crippen LogP contribution is -1.97. The molecular formula is C9H8BrN3. The fraction of sp³-hybridized carbons (Fsp3) is 0.111. The SMILES string of the molecule is [2H]c1nn(-c2nc(C([2H])([2H])[2H])c([2H])c([2H])c2[2H])c([2H])c1Br. The fourth-order valence-electron chi connectivity index (χ4n) is 0.746. The Kier molecular flexibility index (Phi) is 0.813. The first kappa shape index (κ1) is 3.20. The van der Waals surface area contributed by atoms with Gasteiger partial charge in [-0.2, -0.15) is 5.10 Å². The predicted molar refractivity (Wildman–Crippen MR) is 53.8 cm³/mol. The molecule has 0 unspecified atom stereocenters. The second-order valence-electron chi connectivity index (χ2n) is 2.11. The Labute approximate surface area is 95.8 Å². The number of aryl methyl sites for hydroxylation is 1. The van der Waals surface area contributed by atoms with E-state index in [1.165, 1.54) is 0 Å². The van der Waals surface area contributed by atoms with Gasteiger partial charge >= 0.3 is 0 Å². The molecule has 0 atom stereocenters. The largest absolute Gasteiger partial charge is 0.234 e. The predicted octanol–water partition coefficient (Wildman–Crippen LogP) is 2.34. The molecule has 0 radical (unpaired) electrons. The van der Waals surface area contributed by atoms with E-state index < -0.39 is 30.7 Å². The maximum atomic E-state index is 7.78. The molecule has 2 heterocycles. The molecule has 0 aromatic carbocycles. The monoisotopic (exact) mass is 245 g/mol. The maximum absolute atomic E-state index is 7.78. The van der Waals surface area contributed by atoms with Gasteiger partial charge in [-0.05, 0) is 34.9 Å². The van der Waals surface area contributed by atoms with Crippen molar-refractivity contribution in [2.75, 3.05) is 0 Å². The zero-order chi connectivity index (χ0) is 16.1. The van der Waals surface area contributed by atoms with Gasteiger partial charge in [-0.25, -0.2) is 9.67 Å². The first-order valence-corrected chi connectivity index (χ1v) is 4.05. The number of aromatic nitrogens is 3. The van der Waals surface area contributed by atoms with Crippen LogP contribution in [0.3, 0.4) is 0 Å². The third-order valence-electron chi connectivity index (χ3n) is 1.23. The second-order valence-corrected chi connectivity index (χ2v) is 2.90. The van der Waals surface area contributed by atoms with Crippen molar-refractivity contribution in [3.05, 3.63) is 40.6 Å². The Hall–Kier alpha value is -1.16. The van der Waals surface area contributed by atoms with Gasteiger partial charge in [0.25, 0.3) is 0 Å². The minimum Gasteiger partial charge on any atom is -0.234 e. The Bertz CT molecular complexity index is 723. The zero-order valence-electron chi connectivity index (χ0n) is 14.2. The summed E-state index contributed by atoms with van der Waals surface area (Å²) in [6.45, 7) is -2.73. The van der Waals surface area contributed by atoms with Crippen LogP contribution in [-0.4, -0.2) is 14.8 Å². The van der Waals surface area contributed by atoms with E-state index in [2.05, 4.69) is 26.0 Å². The number of nitrogens with zero attached hydrogens (tertiary/aromatic N) is 3.